The van der Waals surface area contributed by atoms with Crippen LogP contribution in [0.2, 0.25) is 0 Å². The van der Waals surface area contributed by atoms with Gasteiger partial charge in [0.2, 0.25) is 0 Å². The molecule has 0 radical (unpaired) electrons. The lowest BCUT2D eigenvalue weighted by Gasteiger charge is -2.07. The zero-order chi connectivity index (χ0) is 15.4. The SMILES string of the molecule is Cc1nc(-c2ncccn2)sc1C(=O)NCC(C)C(=O)O. The maximum Gasteiger partial charge on any atom is 0.308 e. The van der Waals surface area contributed by atoms with Crippen molar-refractivity contribution in [2.24, 2.45) is 5.92 Å². The van der Waals surface area contributed by atoms with Crippen LogP contribution in [0.3, 0.4) is 0 Å². The van der Waals surface area contributed by atoms with Crippen molar-refractivity contribution in [3.8, 4) is 10.8 Å². The topological polar surface area (TPSA) is 105 Å². The summed E-state index contributed by atoms with van der Waals surface area (Å²) in [6, 6.07) is 1.70. The highest BCUT2D eigenvalue weighted by atomic mass is 32.1. The van der Waals surface area contributed by atoms with Gasteiger partial charge in [-0.2, -0.15) is 0 Å². The summed E-state index contributed by atoms with van der Waals surface area (Å²) in [5.74, 6) is -1.46. The van der Waals surface area contributed by atoms with Crippen LogP contribution in [-0.4, -0.2) is 38.5 Å². The molecule has 2 aromatic rings. The van der Waals surface area contributed by atoms with Crippen molar-refractivity contribution in [2.45, 2.75) is 13.8 Å². The van der Waals surface area contributed by atoms with Crippen LogP contribution < -0.4 is 5.32 Å². The first-order valence-electron chi connectivity index (χ1n) is 6.25. The van der Waals surface area contributed by atoms with Crippen molar-refractivity contribution < 1.29 is 14.7 Å². The van der Waals surface area contributed by atoms with Gasteiger partial charge in [-0.15, -0.1) is 11.3 Å². The molecule has 2 aromatic heterocycles. The van der Waals surface area contributed by atoms with Crippen LogP contribution in [0.1, 0.15) is 22.3 Å². The van der Waals surface area contributed by atoms with Crippen LogP contribution in [0.25, 0.3) is 10.8 Å². The van der Waals surface area contributed by atoms with Crippen LogP contribution >= 0.6 is 11.3 Å². The smallest absolute Gasteiger partial charge is 0.308 e. The largest absolute Gasteiger partial charge is 0.481 e. The molecule has 7 nitrogen and oxygen atoms in total. The van der Waals surface area contributed by atoms with Crippen LogP contribution in [0.4, 0.5) is 0 Å². The van der Waals surface area contributed by atoms with E-state index in [4.69, 9.17) is 5.11 Å². The van der Waals surface area contributed by atoms with Gasteiger partial charge in [-0.1, -0.05) is 6.92 Å². The van der Waals surface area contributed by atoms with E-state index in [1.807, 2.05) is 0 Å². The Balaban J connectivity index is 2.12. The molecule has 0 saturated carbocycles. The summed E-state index contributed by atoms with van der Waals surface area (Å²) in [7, 11) is 0. The summed E-state index contributed by atoms with van der Waals surface area (Å²) < 4.78 is 0. The van der Waals surface area contributed by atoms with Gasteiger partial charge in [0.05, 0.1) is 11.6 Å². The van der Waals surface area contributed by atoms with Gasteiger partial charge in [-0.05, 0) is 13.0 Å². The van der Waals surface area contributed by atoms with E-state index >= 15 is 0 Å². The Labute approximate surface area is 125 Å². The van der Waals surface area contributed by atoms with E-state index in [2.05, 4.69) is 20.3 Å². The minimum absolute atomic E-state index is 0.0721. The number of nitrogens with one attached hydrogen (secondary N) is 1. The van der Waals surface area contributed by atoms with Crippen LogP contribution in [0.15, 0.2) is 18.5 Å². The van der Waals surface area contributed by atoms with Crippen LogP contribution in [0, 0.1) is 12.8 Å². The Morgan fingerprint density at radius 2 is 2.05 bits per heavy atom. The molecule has 0 bridgehead atoms. The first-order chi connectivity index (χ1) is 9.99. The number of carboxylic acid groups (broad SMARTS) is 1. The van der Waals surface area contributed by atoms with Crippen molar-refractivity contribution >= 4 is 23.2 Å². The summed E-state index contributed by atoms with van der Waals surface area (Å²) in [5, 5.41) is 12.0. The zero-order valence-electron chi connectivity index (χ0n) is 11.5. The quantitative estimate of drug-likeness (QED) is 0.864. The Bertz CT molecular complexity index is 657. The molecule has 0 aromatic carbocycles. The maximum atomic E-state index is 12.1. The third-order valence-electron chi connectivity index (χ3n) is 2.75. The number of aryl methyl sites for hydroxylation is 1. The molecule has 0 aliphatic rings. The van der Waals surface area contributed by atoms with Crippen molar-refractivity contribution in [1.82, 2.24) is 20.3 Å². The summed E-state index contributed by atoms with van der Waals surface area (Å²) >= 11 is 1.19. The second-order valence-electron chi connectivity index (χ2n) is 4.46. The van der Waals surface area contributed by atoms with Gasteiger partial charge < -0.3 is 10.4 Å². The van der Waals surface area contributed by atoms with Crippen molar-refractivity contribution in [3.05, 3.63) is 29.0 Å². The Morgan fingerprint density at radius 3 is 2.67 bits per heavy atom. The lowest BCUT2D eigenvalue weighted by molar-refractivity contribution is -0.140. The highest BCUT2D eigenvalue weighted by Crippen LogP contribution is 2.24. The molecule has 0 saturated heterocycles. The minimum atomic E-state index is -0.949. The van der Waals surface area contributed by atoms with Gasteiger partial charge in [0.15, 0.2) is 10.8 Å². The average molecular weight is 306 g/mol. The van der Waals surface area contributed by atoms with Crippen molar-refractivity contribution in [2.75, 3.05) is 6.54 Å². The zero-order valence-corrected chi connectivity index (χ0v) is 12.3. The van der Waals surface area contributed by atoms with Gasteiger partial charge in [0.25, 0.3) is 5.91 Å². The number of carboxylic acids is 1. The average Bonchev–Trinajstić information content (AvgIpc) is 2.87. The van der Waals surface area contributed by atoms with E-state index in [1.54, 1.807) is 25.4 Å². The van der Waals surface area contributed by atoms with Gasteiger partial charge in [-0.3, -0.25) is 9.59 Å². The number of carbonyl (C=O) groups is 2. The van der Waals surface area contributed by atoms with E-state index in [1.165, 1.54) is 18.3 Å². The number of aliphatic carboxylic acids is 1. The normalized spacial score (nSPS) is 11.9. The molecule has 110 valence electrons. The number of amides is 1. The molecular formula is C13H14N4O3S. The number of hydrogen-bond donors (Lipinski definition) is 2. The second kappa shape index (κ2) is 6.40. The third-order valence-corrected chi connectivity index (χ3v) is 3.90. The van der Waals surface area contributed by atoms with Crippen LogP contribution in [-0.2, 0) is 4.79 Å². The molecule has 2 N–H and O–H groups in total. The number of aromatic nitrogens is 3. The summed E-state index contributed by atoms with van der Waals surface area (Å²) in [6.07, 6.45) is 3.21. The number of rotatable bonds is 5. The monoisotopic (exact) mass is 306 g/mol. The standard InChI is InChI=1S/C13H14N4O3S/c1-7(13(19)20)6-16-11(18)9-8(2)17-12(21-9)10-14-4-3-5-15-10/h3-5,7H,6H2,1-2H3,(H,16,18)(H,19,20). The first-order valence-corrected chi connectivity index (χ1v) is 7.06. The molecule has 0 fully saturated rings. The number of nitrogens with zero attached hydrogens (tertiary/aromatic N) is 3. The molecule has 0 aliphatic carbocycles. The van der Waals surface area contributed by atoms with E-state index in [0.29, 0.717) is 21.4 Å². The number of thiazole rings is 1. The molecule has 1 unspecified atom stereocenters. The van der Waals surface area contributed by atoms with Crippen molar-refractivity contribution in [3.63, 3.8) is 0 Å². The first kappa shape index (κ1) is 15.0. The summed E-state index contributed by atoms with van der Waals surface area (Å²) in [4.78, 5) is 35.7. The fourth-order valence-corrected chi connectivity index (χ4v) is 2.46. The van der Waals surface area contributed by atoms with E-state index in [0.717, 1.165) is 0 Å². The fraction of sp³-hybridized carbons (Fsp3) is 0.308. The highest BCUT2D eigenvalue weighted by molar-refractivity contribution is 7.17. The molecule has 0 aliphatic heterocycles. The van der Waals surface area contributed by atoms with E-state index in [9.17, 15) is 9.59 Å². The molecule has 1 atom stereocenters. The lowest BCUT2D eigenvalue weighted by Crippen LogP contribution is -2.31. The molecule has 8 heteroatoms. The third kappa shape index (κ3) is 3.60. The van der Waals surface area contributed by atoms with Gasteiger partial charge >= 0.3 is 5.97 Å². The Kier molecular flexibility index (Phi) is 4.59. The van der Waals surface area contributed by atoms with Gasteiger partial charge in [0, 0.05) is 18.9 Å². The van der Waals surface area contributed by atoms with Crippen LogP contribution in [0.5, 0.6) is 0 Å². The van der Waals surface area contributed by atoms with Gasteiger partial charge in [0.1, 0.15) is 4.88 Å². The molecule has 2 rings (SSSR count). The van der Waals surface area contributed by atoms with E-state index < -0.39 is 11.9 Å². The predicted molar refractivity (Wildman–Crippen MR) is 77.0 cm³/mol. The minimum Gasteiger partial charge on any atom is -0.481 e. The summed E-state index contributed by atoms with van der Waals surface area (Å²) in [6.45, 7) is 3.33. The molecule has 0 spiro atoms. The molecule has 2 heterocycles. The Morgan fingerprint density at radius 1 is 1.38 bits per heavy atom. The molecule has 21 heavy (non-hydrogen) atoms. The second-order valence-corrected chi connectivity index (χ2v) is 5.45. The van der Waals surface area contributed by atoms with Crippen molar-refractivity contribution in [1.29, 1.82) is 0 Å². The Hall–Kier alpha value is -2.35. The predicted octanol–water partition coefficient (Wildman–Crippen LogP) is 1.36. The summed E-state index contributed by atoms with van der Waals surface area (Å²) in [5.41, 5.74) is 0.572. The van der Waals surface area contributed by atoms with E-state index in [-0.39, 0.29) is 12.5 Å². The fourth-order valence-electron chi connectivity index (χ4n) is 1.53. The number of carbonyl (C=O) groups excluding carboxylic acids is 1. The lowest BCUT2D eigenvalue weighted by atomic mass is 10.2. The number of hydrogen-bond acceptors (Lipinski definition) is 6. The molecular weight excluding hydrogens is 292 g/mol. The molecule has 1 amide bonds. The highest BCUT2D eigenvalue weighted by Gasteiger charge is 2.19. The van der Waals surface area contributed by atoms with Gasteiger partial charge in [-0.25, -0.2) is 15.0 Å². The maximum absolute atomic E-state index is 12.1.